The van der Waals surface area contributed by atoms with Crippen LogP contribution in [0.25, 0.3) is 111 Å². The Bertz CT molecular complexity index is 3030. The van der Waals surface area contributed by atoms with Crippen LogP contribution in [-0.2, 0) is 0 Å². The molecule has 0 saturated carbocycles. The summed E-state index contributed by atoms with van der Waals surface area (Å²) in [6.07, 6.45) is 0. The molecule has 0 fully saturated rings. The monoisotopic (exact) mass is 639 g/mol. The van der Waals surface area contributed by atoms with Gasteiger partial charge in [-0.2, -0.15) is 0 Å². The smallest absolute Gasteiger partial charge is 0.164 e. The van der Waals surface area contributed by atoms with Crippen molar-refractivity contribution in [2.75, 3.05) is 0 Å². The molecule has 0 unspecified atom stereocenters. The first-order valence-electron chi connectivity index (χ1n) is 16.7. The predicted octanol–water partition coefficient (Wildman–Crippen LogP) is 12.1. The van der Waals surface area contributed by atoms with Gasteiger partial charge >= 0.3 is 0 Å². The average Bonchev–Trinajstić information content (AvgIpc) is 3.76. The second-order valence-electron chi connectivity index (χ2n) is 12.8. The van der Waals surface area contributed by atoms with Crippen LogP contribution in [0.1, 0.15) is 0 Å². The molecule has 0 saturated heterocycles. The number of benzene rings is 8. The summed E-state index contributed by atoms with van der Waals surface area (Å²) in [5.74, 6) is 1.84. The van der Waals surface area contributed by atoms with Crippen molar-refractivity contribution < 1.29 is 8.83 Å². The molecule has 0 bridgehead atoms. The molecule has 0 radical (unpaired) electrons. The highest BCUT2D eigenvalue weighted by atomic mass is 16.3. The number of rotatable bonds is 4. The van der Waals surface area contributed by atoms with Crippen molar-refractivity contribution in [3.05, 3.63) is 152 Å². The van der Waals surface area contributed by atoms with Crippen LogP contribution in [0.15, 0.2) is 160 Å². The normalized spacial score (nSPS) is 12.0. The molecule has 50 heavy (non-hydrogen) atoms. The molecule has 0 aliphatic rings. The van der Waals surface area contributed by atoms with Crippen molar-refractivity contribution in [1.29, 1.82) is 0 Å². The fourth-order valence-electron chi connectivity index (χ4n) is 7.59. The molecule has 3 heterocycles. The van der Waals surface area contributed by atoms with Crippen molar-refractivity contribution >= 4 is 65.4 Å². The number of para-hydroxylation sites is 1. The van der Waals surface area contributed by atoms with Gasteiger partial charge in [-0.1, -0.05) is 121 Å². The third kappa shape index (κ3) is 3.98. The van der Waals surface area contributed by atoms with Gasteiger partial charge in [-0.05, 0) is 57.4 Å². The molecule has 0 aliphatic heterocycles. The first-order valence-corrected chi connectivity index (χ1v) is 16.7. The Morgan fingerprint density at radius 2 is 0.900 bits per heavy atom. The Hall–Kier alpha value is -6.85. The van der Waals surface area contributed by atoms with E-state index >= 15 is 0 Å². The summed E-state index contributed by atoms with van der Waals surface area (Å²) >= 11 is 0. The van der Waals surface area contributed by atoms with Crippen molar-refractivity contribution in [2.24, 2.45) is 0 Å². The second-order valence-corrected chi connectivity index (χ2v) is 12.8. The molecule has 11 rings (SSSR count). The minimum Gasteiger partial charge on any atom is -0.456 e. The van der Waals surface area contributed by atoms with Gasteiger partial charge in [0.25, 0.3) is 0 Å². The van der Waals surface area contributed by atoms with Crippen LogP contribution in [0.2, 0.25) is 0 Å². The Kier molecular flexibility index (Phi) is 5.60. The molecule has 3 aromatic heterocycles. The van der Waals surface area contributed by atoms with Gasteiger partial charge in [-0.15, -0.1) is 0 Å². The van der Waals surface area contributed by atoms with E-state index in [4.69, 9.17) is 23.8 Å². The van der Waals surface area contributed by atoms with Gasteiger partial charge in [0.2, 0.25) is 0 Å². The topological polar surface area (TPSA) is 65.0 Å². The number of hydrogen-bond acceptors (Lipinski definition) is 5. The molecule has 11 aromatic rings. The van der Waals surface area contributed by atoms with Gasteiger partial charge in [0.15, 0.2) is 17.5 Å². The summed E-state index contributed by atoms with van der Waals surface area (Å²) in [5.41, 5.74) is 8.17. The molecule has 0 amide bonds. The summed E-state index contributed by atoms with van der Waals surface area (Å²) in [5, 5.41) is 9.27. The van der Waals surface area contributed by atoms with Crippen LogP contribution in [0.4, 0.5) is 0 Å². The number of nitrogens with zero attached hydrogens (tertiary/aromatic N) is 3. The minimum absolute atomic E-state index is 0.591. The van der Waals surface area contributed by atoms with Gasteiger partial charge in [0.1, 0.15) is 22.3 Å². The Balaban J connectivity index is 1.10. The van der Waals surface area contributed by atoms with E-state index in [-0.39, 0.29) is 0 Å². The summed E-state index contributed by atoms with van der Waals surface area (Å²) in [6.45, 7) is 0. The Labute approximate surface area is 285 Å². The third-order valence-electron chi connectivity index (χ3n) is 9.87. The van der Waals surface area contributed by atoms with Gasteiger partial charge in [0, 0.05) is 43.8 Å². The zero-order valence-electron chi connectivity index (χ0n) is 26.6. The Morgan fingerprint density at radius 3 is 1.64 bits per heavy atom. The number of furan rings is 2. The maximum atomic E-state index is 6.75. The largest absolute Gasteiger partial charge is 0.456 e. The summed E-state index contributed by atoms with van der Waals surface area (Å²) in [6, 6.07) is 52.0. The maximum absolute atomic E-state index is 6.75. The Morgan fingerprint density at radius 1 is 0.320 bits per heavy atom. The highest BCUT2D eigenvalue weighted by Gasteiger charge is 2.21. The fraction of sp³-hybridized carbons (Fsp3) is 0. The standard InChI is InChI=1S/C45H25N3O2/c1-3-11-26(12-4-1)43-46-44(27-13-5-2-6-14-27)48-45(47-43)28-21-22-33-35-19-9-17-30(42(35)50-38(33)24-28)29-23-36-32-16-8-7-15-31(32)34-18-10-20-37-40(34)41(36)39(25-29)49-37/h1-25H. The predicted molar refractivity (Wildman–Crippen MR) is 202 cm³/mol. The van der Waals surface area contributed by atoms with Gasteiger partial charge in [-0.25, -0.2) is 15.0 Å². The van der Waals surface area contributed by atoms with E-state index in [1.807, 2.05) is 66.7 Å². The van der Waals surface area contributed by atoms with Crippen LogP contribution in [0, 0.1) is 0 Å². The zero-order chi connectivity index (χ0) is 32.8. The maximum Gasteiger partial charge on any atom is 0.164 e. The van der Waals surface area contributed by atoms with Crippen LogP contribution < -0.4 is 0 Å². The molecule has 0 N–H and O–H groups in total. The lowest BCUT2D eigenvalue weighted by molar-refractivity contribution is 0.668. The quantitative estimate of drug-likeness (QED) is 0.179. The molecule has 5 heteroatoms. The SMILES string of the molecule is c1ccc(-c2nc(-c3ccccc3)nc(-c3ccc4c(c3)oc3c(-c5cc6oc7cccc8c9ccccc9c(c5)c6c78)cccc34)n2)cc1. The van der Waals surface area contributed by atoms with Crippen molar-refractivity contribution in [2.45, 2.75) is 0 Å². The van der Waals surface area contributed by atoms with Crippen LogP contribution >= 0.6 is 0 Å². The molecule has 8 aromatic carbocycles. The summed E-state index contributed by atoms with van der Waals surface area (Å²) in [7, 11) is 0. The third-order valence-corrected chi connectivity index (χ3v) is 9.87. The molecule has 0 spiro atoms. The lowest BCUT2D eigenvalue weighted by Crippen LogP contribution is -2.00. The van der Waals surface area contributed by atoms with Crippen molar-refractivity contribution in [1.82, 2.24) is 15.0 Å². The molecular formula is C45H25N3O2. The highest BCUT2D eigenvalue weighted by Crippen LogP contribution is 2.45. The molecule has 232 valence electrons. The number of aromatic nitrogens is 3. The molecule has 0 atom stereocenters. The molecule has 0 aliphatic carbocycles. The first-order chi connectivity index (χ1) is 24.8. The van der Waals surface area contributed by atoms with Crippen LogP contribution in [-0.4, -0.2) is 15.0 Å². The van der Waals surface area contributed by atoms with E-state index in [2.05, 4.69) is 84.9 Å². The van der Waals surface area contributed by atoms with Crippen molar-refractivity contribution in [3.63, 3.8) is 0 Å². The van der Waals surface area contributed by atoms with Crippen LogP contribution in [0.5, 0.6) is 0 Å². The molecular weight excluding hydrogens is 615 g/mol. The first kappa shape index (κ1) is 27.1. The van der Waals surface area contributed by atoms with Gasteiger partial charge in [0.05, 0.1) is 0 Å². The lowest BCUT2D eigenvalue weighted by atomic mass is 9.92. The number of fused-ring (bicyclic) bond motifs is 6. The van der Waals surface area contributed by atoms with Crippen molar-refractivity contribution in [3.8, 4) is 45.3 Å². The summed E-state index contributed by atoms with van der Waals surface area (Å²) < 4.78 is 13.3. The van der Waals surface area contributed by atoms with Crippen LogP contribution in [0.3, 0.4) is 0 Å². The molecule has 5 nitrogen and oxygen atoms in total. The fourth-order valence-corrected chi connectivity index (χ4v) is 7.59. The summed E-state index contributed by atoms with van der Waals surface area (Å²) in [4.78, 5) is 14.7. The van der Waals surface area contributed by atoms with E-state index < -0.39 is 0 Å². The minimum atomic E-state index is 0.591. The van der Waals surface area contributed by atoms with E-state index in [9.17, 15) is 0 Å². The average molecular weight is 640 g/mol. The second kappa shape index (κ2) is 10.3. The highest BCUT2D eigenvalue weighted by molar-refractivity contribution is 6.33. The van der Waals surface area contributed by atoms with Gasteiger partial charge in [-0.3, -0.25) is 0 Å². The lowest BCUT2D eigenvalue weighted by Gasteiger charge is -2.10. The van der Waals surface area contributed by atoms with E-state index in [1.165, 1.54) is 32.3 Å². The zero-order valence-corrected chi connectivity index (χ0v) is 26.6. The van der Waals surface area contributed by atoms with E-state index in [0.717, 1.165) is 60.9 Å². The van der Waals surface area contributed by atoms with Gasteiger partial charge < -0.3 is 8.83 Å². The van der Waals surface area contributed by atoms with E-state index in [0.29, 0.717) is 17.5 Å². The van der Waals surface area contributed by atoms with E-state index in [1.54, 1.807) is 0 Å². The number of hydrogen-bond donors (Lipinski definition) is 0.